The second-order valence-electron chi connectivity index (χ2n) is 3.88. The summed E-state index contributed by atoms with van der Waals surface area (Å²) in [6.07, 6.45) is 0. The van der Waals surface area contributed by atoms with E-state index < -0.39 is 0 Å². The second kappa shape index (κ2) is 5.19. The molecule has 6 heteroatoms. The van der Waals surface area contributed by atoms with Crippen LogP contribution in [-0.4, -0.2) is 14.8 Å². The molecule has 0 aliphatic rings. The van der Waals surface area contributed by atoms with Crippen LogP contribution in [0.5, 0.6) is 0 Å². The molecule has 2 aromatic rings. The first-order chi connectivity index (χ1) is 8.61. The van der Waals surface area contributed by atoms with Crippen molar-refractivity contribution in [1.82, 2.24) is 14.8 Å². The summed E-state index contributed by atoms with van der Waals surface area (Å²) in [5.41, 5.74) is 1.39. The maximum absolute atomic E-state index is 9.05. The lowest BCUT2D eigenvalue weighted by atomic mass is 10.2. The van der Waals surface area contributed by atoms with Crippen LogP contribution in [0.25, 0.3) is 0 Å². The minimum Gasteiger partial charge on any atom is -0.377 e. The summed E-state index contributed by atoms with van der Waals surface area (Å²) < 4.78 is 2.80. The maximum atomic E-state index is 9.05. The molecule has 0 radical (unpaired) electrons. The van der Waals surface area contributed by atoms with Crippen molar-refractivity contribution < 1.29 is 0 Å². The van der Waals surface area contributed by atoms with Gasteiger partial charge in [-0.15, -0.1) is 10.2 Å². The summed E-state index contributed by atoms with van der Waals surface area (Å²) in [6, 6.07) is 7.70. The highest BCUT2D eigenvalue weighted by molar-refractivity contribution is 9.10. The minimum atomic E-state index is 0.535. The summed E-state index contributed by atoms with van der Waals surface area (Å²) in [7, 11) is 1.92. The van der Waals surface area contributed by atoms with Gasteiger partial charge in [0.1, 0.15) is 11.9 Å². The Morgan fingerprint density at radius 3 is 2.83 bits per heavy atom. The van der Waals surface area contributed by atoms with Gasteiger partial charge < -0.3 is 9.88 Å². The largest absolute Gasteiger partial charge is 0.377 e. The van der Waals surface area contributed by atoms with E-state index in [-0.39, 0.29) is 0 Å². The Morgan fingerprint density at radius 1 is 1.44 bits per heavy atom. The van der Waals surface area contributed by atoms with Crippen LogP contribution < -0.4 is 5.32 Å². The fourth-order valence-corrected chi connectivity index (χ4v) is 1.90. The number of rotatable bonds is 3. The number of nitrogens with one attached hydrogen (secondary N) is 1. The van der Waals surface area contributed by atoms with Crippen molar-refractivity contribution >= 4 is 21.6 Å². The molecule has 1 aromatic carbocycles. The van der Waals surface area contributed by atoms with Crippen LogP contribution in [0.3, 0.4) is 0 Å². The lowest BCUT2D eigenvalue weighted by Gasteiger charge is -2.08. The van der Waals surface area contributed by atoms with E-state index in [1.807, 2.05) is 30.7 Å². The molecule has 0 unspecified atom stereocenters. The molecule has 0 atom stereocenters. The van der Waals surface area contributed by atoms with Gasteiger partial charge in [0.05, 0.1) is 17.8 Å². The Kier molecular flexibility index (Phi) is 3.63. The van der Waals surface area contributed by atoms with Crippen molar-refractivity contribution in [2.75, 3.05) is 5.32 Å². The van der Waals surface area contributed by atoms with Crippen LogP contribution in [0.1, 0.15) is 17.2 Å². The second-order valence-corrected chi connectivity index (χ2v) is 4.79. The molecular formula is C12H12BrN5. The zero-order chi connectivity index (χ0) is 13.1. The molecule has 0 fully saturated rings. The first-order valence-corrected chi connectivity index (χ1v) is 6.19. The summed E-state index contributed by atoms with van der Waals surface area (Å²) in [6.45, 7) is 2.44. The Balaban J connectivity index is 2.16. The number of halogens is 1. The summed E-state index contributed by atoms with van der Waals surface area (Å²) >= 11 is 3.34. The summed E-state index contributed by atoms with van der Waals surface area (Å²) in [4.78, 5) is 0. The van der Waals surface area contributed by atoms with Gasteiger partial charge in [0.15, 0.2) is 5.82 Å². The van der Waals surface area contributed by atoms with Gasteiger partial charge in [0, 0.05) is 11.5 Å². The lowest BCUT2D eigenvalue weighted by molar-refractivity contribution is 0.789. The molecule has 1 heterocycles. The van der Waals surface area contributed by atoms with Gasteiger partial charge in [0.2, 0.25) is 0 Å². The molecule has 92 valence electrons. The van der Waals surface area contributed by atoms with Gasteiger partial charge in [0.25, 0.3) is 0 Å². The zero-order valence-corrected chi connectivity index (χ0v) is 11.7. The fourth-order valence-electron chi connectivity index (χ4n) is 1.54. The zero-order valence-electron chi connectivity index (χ0n) is 10.1. The molecule has 0 aliphatic carbocycles. The Bertz CT molecular complexity index is 611. The van der Waals surface area contributed by atoms with Crippen molar-refractivity contribution in [3.8, 4) is 6.07 Å². The van der Waals surface area contributed by atoms with E-state index in [0.29, 0.717) is 12.1 Å². The average molecular weight is 306 g/mol. The summed E-state index contributed by atoms with van der Waals surface area (Å²) in [5.74, 6) is 1.70. The molecule has 2 rings (SSSR count). The molecule has 18 heavy (non-hydrogen) atoms. The van der Waals surface area contributed by atoms with Crippen molar-refractivity contribution in [2.24, 2.45) is 7.05 Å². The third-order valence-electron chi connectivity index (χ3n) is 2.72. The molecule has 0 spiro atoms. The van der Waals surface area contributed by atoms with Crippen molar-refractivity contribution in [3.05, 3.63) is 39.9 Å². The Morgan fingerprint density at radius 2 is 2.22 bits per heavy atom. The van der Waals surface area contributed by atoms with Gasteiger partial charge in [-0.25, -0.2) is 0 Å². The molecule has 1 aromatic heterocycles. The molecule has 1 N–H and O–H groups in total. The molecule has 5 nitrogen and oxygen atoms in total. The van der Waals surface area contributed by atoms with Crippen LogP contribution in [0.2, 0.25) is 0 Å². The number of anilines is 1. The quantitative estimate of drug-likeness (QED) is 0.945. The van der Waals surface area contributed by atoms with Crippen LogP contribution in [0.15, 0.2) is 22.7 Å². The molecular weight excluding hydrogens is 294 g/mol. The highest BCUT2D eigenvalue weighted by atomic mass is 79.9. The minimum absolute atomic E-state index is 0.535. The average Bonchev–Trinajstić information content (AvgIpc) is 2.68. The fraction of sp³-hybridized carbons (Fsp3) is 0.250. The standard InChI is InChI=1S/C12H12BrN5/c1-8-16-17-12(18(8)2)7-15-11-4-3-10(13)5-9(11)6-14/h3-5,15H,7H2,1-2H3. The van der Waals surface area contributed by atoms with Crippen molar-refractivity contribution in [2.45, 2.75) is 13.5 Å². The monoisotopic (exact) mass is 305 g/mol. The van der Waals surface area contributed by atoms with E-state index in [0.717, 1.165) is 21.8 Å². The Hall–Kier alpha value is -1.87. The van der Waals surface area contributed by atoms with E-state index >= 15 is 0 Å². The van der Waals surface area contributed by atoms with Gasteiger partial charge >= 0.3 is 0 Å². The van der Waals surface area contributed by atoms with Gasteiger partial charge in [-0.2, -0.15) is 5.26 Å². The van der Waals surface area contributed by atoms with Crippen LogP contribution in [0, 0.1) is 18.3 Å². The highest BCUT2D eigenvalue weighted by Gasteiger charge is 2.06. The molecule has 0 amide bonds. The highest BCUT2D eigenvalue weighted by Crippen LogP contribution is 2.20. The molecule has 0 bridgehead atoms. The third-order valence-corrected chi connectivity index (χ3v) is 3.22. The Labute approximate surface area is 114 Å². The normalized spacial score (nSPS) is 10.1. The van der Waals surface area contributed by atoms with E-state index in [4.69, 9.17) is 5.26 Å². The van der Waals surface area contributed by atoms with E-state index in [2.05, 4.69) is 37.5 Å². The van der Waals surface area contributed by atoms with Crippen LogP contribution in [-0.2, 0) is 13.6 Å². The van der Waals surface area contributed by atoms with Crippen LogP contribution in [0.4, 0.5) is 5.69 Å². The number of hydrogen-bond donors (Lipinski definition) is 1. The smallest absolute Gasteiger partial charge is 0.152 e. The lowest BCUT2D eigenvalue weighted by Crippen LogP contribution is -2.07. The van der Waals surface area contributed by atoms with Crippen LogP contribution >= 0.6 is 15.9 Å². The van der Waals surface area contributed by atoms with Gasteiger partial charge in [-0.3, -0.25) is 0 Å². The number of hydrogen-bond acceptors (Lipinski definition) is 4. The van der Waals surface area contributed by atoms with Crippen molar-refractivity contribution in [1.29, 1.82) is 5.26 Å². The number of aromatic nitrogens is 3. The van der Waals surface area contributed by atoms with Gasteiger partial charge in [-0.1, -0.05) is 15.9 Å². The summed E-state index contributed by atoms with van der Waals surface area (Å²) in [5, 5.41) is 20.3. The maximum Gasteiger partial charge on any atom is 0.152 e. The molecule has 0 aliphatic heterocycles. The van der Waals surface area contributed by atoms with Crippen molar-refractivity contribution in [3.63, 3.8) is 0 Å². The molecule has 0 saturated heterocycles. The topological polar surface area (TPSA) is 66.5 Å². The predicted molar refractivity (Wildman–Crippen MR) is 71.9 cm³/mol. The number of benzene rings is 1. The number of nitrogens with zero attached hydrogens (tertiary/aromatic N) is 4. The van der Waals surface area contributed by atoms with Gasteiger partial charge in [-0.05, 0) is 25.1 Å². The van der Waals surface area contributed by atoms with E-state index in [9.17, 15) is 0 Å². The van der Waals surface area contributed by atoms with E-state index in [1.165, 1.54) is 0 Å². The first kappa shape index (κ1) is 12.6. The van der Waals surface area contributed by atoms with E-state index in [1.54, 1.807) is 6.07 Å². The SMILES string of the molecule is Cc1nnc(CNc2ccc(Br)cc2C#N)n1C. The number of aryl methyl sites for hydroxylation is 1. The first-order valence-electron chi connectivity index (χ1n) is 5.40. The predicted octanol–water partition coefficient (Wildman–Crippen LogP) is 2.37. The number of nitriles is 1. The molecule has 0 saturated carbocycles. The third kappa shape index (κ3) is 2.51.